The van der Waals surface area contributed by atoms with E-state index in [1.165, 1.54) is 19.3 Å². The van der Waals surface area contributed by atoms with Crippen molar-refractivity contribution in [2.75, 3.05) is 13.2 Å². The molecule has 0 radical (unpaired) electrons. The van der Waals surface area contributed by atoms with Crippen molar-refractivity contribution in [2.45, 2.75) is 45.1 Å². The maximum Gasteiger partial charge on any atom is 0.246 e. The molecule has 1 fully saturated rings. The van der Waals surface area contributed by atoms with Crippen molar-refractivity contribution in [2.24, 2.45) is 11.7 Å². The molecule has 0 aromatic carbocycles. The average Bonchev–Trinajstić information content (AvgIpc) is 2.34. The van der Waals surface area contributed by atoms with Gasteiger partial charge in [-0.1, -0.05) is 31.5 Å². The highest BCUT2D eigenvalue weighted by molar-refractivity contribution is 7.80. The van der Waals surface area contributed by atoms with Crippen LogP contribution in [0, 0.1) is 5.92 Å². The maximum absolute atomic E-state index is 11.6. The summed E-state index contributed by atoms with van der Waals surface area (Å²) < 4.78 is 5.07. The van der Waals surface area contributed by atoms with E-state index in [1.54, 1.807) is 0 Å². The molecule has 0 aliphatic heterocycles. The number of hydrogen-bond acceptors (Lipinski definition) is 3. The van der Waals surface area contributed by atoms with Crippen molar-refractivity contribution in [1.29, 1.82) is 0 Å². The highest BCUT2D eigenvalue weighted by Crippen LogP contribution is 2.26. The molecule has 0 saturated heterocycles. The molecule has 0 aromatic rings. The Morgan fingerprint density at radius 2 is 2.12 bits per heavy atom. The van der Waals surface area contributed by atoms with Gasteiger partial charge in [0.1, 0.15) is 6.61 Å². The predicted octanol–water partition coefficient (Wildman–Crippen LogP) is 1.37. The highest BCUT2D eigenvalue weighted by Gasteiger charge is 2.26. The molecule has 0 aromatic heterocycles. The van der Waals surface area contributed by atoms with Crippen LogP contribution in [0.5, 0.6) is 0 Å². The van der Waals surface area contributed by atoms with E-state index in [4.69, 9.17) is 22.7 Å². The Kier molecular flexibility index (Phi) is 6.44. The lowest BCUT2D eigenvalue weighted by Crippen LogP contribution is -2.49. The van der Waals surface area contributed by atoms with E-state index >= 15 is 0 Å². The fourth-order valence-corrected chi connectivity index (χ4v) is 2.55. The molecule has 1 rings (SSSR count). The second kappa shape index (κ2) is 7.61. The van der Waals surface area contributed by atoms with Gasteiger partial charge < -0.3 is 15.8 Å². The molecule has 3 N–H and O–H groups in total. The number of hydrogen-bond donors (Lipinski definition) is 2. The summed E-state index contributed by atoms with van der Waals surface area (Å²) in [6.07, 6.45) is 5.86. The van der Waals surface area contributed by atoms with Crippen LogP contribution in [-0.2, 0) is 9.53 Å². The lowest BCUT2D eigenvalue weighted by atomic mass is 9.84. The van der Waals surface area contributed by atoms with Gasteiger partial charge in [-0.25, -0.2) is 0 Å². The van der Waals surface area contributed by atoms with Gasteiger partial charge in [0.25, 0.3) is 0 Å². The van der Waals surface area contributed by atoms with Gasteiger partial charge in [-0.3, -0.25) is 4.79 Å². The van der Waals surface area contributed by atoms with E-state index < -0.39 is 0 Å². The van der Waals surface area contributed by atoms with E-state index in [0.29, 0.717) is 17.5 Å². The first-order valence-electron chi connectivity index (χ1n) is 6.31. The third kappa shape index (κ3) is 5.00. The van der Waals surface area contributed by atoms with Gasteiger partial charge in [0.05, 0.1) is 11.0 Å². The molecule has 1 aliphatic rings. The second-order valence-corrected chi connectivity index (χ2v) is 4.95. The summed E-state index contributed by atoms with van der Waals surface area (Å²) in [4.78, 5) is 12.0. The van der Waals surface area contributed by atoms with Crippen LogP contribution in [0.1, 0.15) is 39.0 Å². The summed E-state index contributed by atoms with van der Waals surface area (Å²) in [5, 5.41) is 2.89. The first-order chi connectivity index (χ1) is 8.15. The number of nitrogens with one attached hydrogen (secondary N) is 1. The normalized spacial score (nSPS) is 18.6. The second-order valence-electron chi connectivity index (χ2n) is 4.48. The minimum absolute atomic E-state index is 0.0856. The fraction of sp³-hybridized carbons (Fsp3) is 0.833. The minimum atomic E-state index is -0.168. The van der Waals surface area contributed by atoms with E-state index in [-0.39, 0.29) is 18.6 Å². The van der Waals surface area contributed by atoms with Crippen molar-refractivity contribution in [3.05, 3.63) is 0 Å². The zero-order chi connectivity index (χ0) is 12.7. The molecule has 1 amide bonds. The lowest BCUT2D eigenvalue weighted by Gasteiger charge is -2.30. The number of nitrogens with two attached hydrogens (primary N) is 1. The number of carbonyl (C=O) groups is 1. The summed E-state index contributed by atoms with van der Waals surface area (Å²) in [5.41, 5.74) is 5.72. The molecule has 4 nitrogen and oxygen atoms in total. The van der Waals surface area contributed by atoms with Crippen molar-refractivity contribution in [3.63, 3.8) is 0 Å². The van der Waals surface area contributed by atoms with Crippen LogP contribution in [0.15, 0.2) is 0 Å². The Labute approximate surface area is 108 Å². The van der Waals surface area contributed by atoms with Crippen LogP contribution in [-0.4, -0.2) is 30.2 Å². The summed E-state index contributed by atoms with van der Waals surface area (Å²) in [7, 11) is 0. The summed E-state index contributed by atoms with van der Waals surface area (Å²) in [5.74, 6) is 0.266. The van der Waals surface area contributed by atoms with E-state index in [0.717, 1.165) is 12.8 Å². The standard InChI is InChI=1S/C12H22N2O2S/c1-2-16-8-10(15)14-11(12(13)17)9-6-4-3-5-7-9/h9,11H,2-8H2,1H3,(H2,13,17)(H,14,15). The zero-order valence-corrected chi connectivity index (χ0v) is 11.2. The molecule has 0 bridgehead atoms. The van der Waals surface area contributed by atoms with Crippen LogP contribution in [0.4, 0.5) is 0 Å². The zero-order valence-electron chi connectivity index (χ0n) is 10.4. The molecule has 1 atom stereocenters. The Hall–Kier alpha value is -0.680. The van der Waals surface area contributed by atoms with E-state index in [9.17, 15) is 4.79 Å². The predicted molar refractivity (Wildman–Crippen MR) is 71.8 cm³/mol. The Bertz CT molecular complexity index is 265. The van der Waals surface area contributed by atoms with Crippen molar-refractivity contribution >= 4 is 23.1 Å². The number of carbonyl (C=O) groups excluding carboxylic acids is 1. The van der Waals surface area contributed by atoms with Crippen LogP contribution in [0.25, 0.3) is 0 Å². The lowest BCUT2D eigenvalue weighted by molar-refractivity contribution is -0.126. The molecule has 1 aliphatic carbocycles. The smallest absolute Gasteiger partial charge is 0.246 e. The third-order valence-corrected chi connectivity index (χ3v) is 3.44. The topological polar surface area (TPSA) is 64.3 Å². The average molecular weight is 258 g/mol. The molecule has 0 heterocycles. The quantitative estimate of drug-likeness (QED) is 0.706. The first kappa shape index (κ1) is 14.4. The molecule has 17 heavy (non-hydrogen) atoms. The molecule has 98 valence electrons. The number of rotatable bonds is 6. The van der Waals surface area contributed by atoms with Gasteiger partial charge in [0, 0.05) is 6.61 Å². The van der Waals surface area contributed by atoms with Gasteiger partial charge in [0.15, 0.2) is 0 Å². The van der Waals surface area contributed by atoms with Gasteiger partial charge in [-0.2, -0.15) is 0 Å². The molecule has 5 heteroatoms. The molecule has 1 saturated carbocycles. The van der Waals surface area contributed by atoms with Crippen LogP contribution in [0.3, 0.4) is 0 Å². The Balaban J connectivity index is 2.47. The number of thiocarbonyl (C=S) groups is 1. The van der Waals surface area contributed by atoms with Crippen molar-refractivity contribution < 1.29 is 9.53 Å². The summed E-state index contributed by atoms with van der Waals surface area (Å²) in [6.45, 7) is 2.48. The minimum Gasteiger partial charge on any atom is -0.392 e. The third-order valence-electron chi connectivity index (χ3n) is 3.18. The highest BCUT2D eigenvalue weighted by atomic mass is 32.1. The molecular weight excluding hydrogens is 236 g/mol. The summed E-state index contributed by atoms with van der Waals surface area (Å²) in [6, 6.07) is -0.168. The van der Waals surface area contributed by atoms with Crippen LogP contribution >= 0.6 is 12.2 Å². The van der Waals surface area contributed by atoms with Crippen molar-refractivity contribution in [3.8, 4) is 0 Å². The molecular formula is C12H22N2O2S. The first-order valence-corrected chi connectivity index (χ1v) is 6.72. The van der Waals surface area contributed by atoms with Gasteiger partial charge in [0.2, 0.25) is 5.91 Å². The van der Waals surface area contributed by atoms with Gasteiger partial charge in [-0.05, 0) is 25.7 Å². The van der Waals surface area contributed by atoms with Crippen molar-refractivity contribution in [1.82, 2.24) is 5.32 Å². The number of amides is 1. The molecule has 1 unspecified atom stereocenters. The Morgan fingerprint density at radius 3 is 2.65 bits per heavy atom. The van der Waals surface area contributed by atoms with E-state index in [1.807, 2.05) is 6.92 Å². The fourth-order valence-electron chi connectivity index (χ4n) is 2.30. The van der Waals surface area contributed by atoms with E-state index in [2.05, 4.69) is 5.32 Å². The largest absolute Gasteiger partial charge is 0.392 e. The maximum atomic E-state index is 11.6. The Morgan fingerprint density at radius 1 is 1.47 bits per heavy atom. The van der Waals surface area contributed by atoms with Gasteiger partial charge in [-0.15, -0.1) is 0 Å². The summed E-state index contributed by atoms with van der Waals surface area (Å²) >= 11 is 5.05. The monoisotopic (exact) mass is 258 g/mol. The SMILES string of the molecule is CCOCC(=O)NC(C(N)=S)C1CCCCC1. The van der Waals surface area contributed by atoms with Gasteiger partial charge >= 0.3 is 0 Å². The molecule has 0 spiro atoms. The number of ether oxygens (including phenoxy) is 1. The van der Waals surface area contributed by atoms with Crippen LogP contribution < -0.4 is 11.1 Å². The van der Waals surface area contributed by atoms with Crippen LogP contribution in [0.2, 0.25) is 0 Å².